The van der Waals surface area contributed by atoms with Gasteiger partial charge in [0.2, 0.25) is 0 Å². The molecule has 19 heavy (non-hydrogen) atoms. The van der Waals surface area contributed by atoms with Crippen LogP contribution in [-0.4, -0.2) is 18.6 Å². The first-order chi connectivity index (χ1) is 9.29. The van der Waals surface area contributed by atoms with E-state index in [-0.39, 0.29) is 0 Å². The van der Waals surface area contributed by atoms with Crippen molar-refractivity contribution in [1.82, 2.24) is 4.98 Å². The van der Waals surface area contributed by atoms with Crippen molar-refractivity contribution in [2.75, 3.05) is 19.0 Å². The predicted octanol–water partition coefficient (Wildman–Crippen LogP) is 4.87. The maximum absolute atomic E-state index is 5.25. The molecule has 1 saturated carbocycles. The summed E-state index contributed by atoms with van der Waals surface area (Å²) in [5.41, 5.74) is 0. The maximum Gasteiger partial charge on any atom is 0.138 e. The van der Waals surface area contributed by atoms with E-state index in [0.717, 1.165) is 28.5 Å². The van der Waals surface area contributed by atoms with Gasteiger partial charge in [0.15, 0.2) is 0 Å². The van der Waals surface area contributed by atoms with E-state index in [1.165, 1.54) is 32.1 Å². The fourth-order valence-corrected chi connectivity index (χ4v) is 2.69. The van der Waals surface area contributed by atoms with E-state index in [0.29, 0.717) is 0 Å². The molecule has 4 heteroatoms. The lowest BCUT2D eigenvalue weighted by molar-refractivity contribution is 0.373. The minimum Gasteiger partial charge on any atom is -0.495 e. The van der Waals surface area contributed by atoms with Gasteiger partial charge in [0.25, 0.3) is 0 Å². The minimum absolute atomic E-state index is 0.806. The average molecular weight is 329 g/mol. The van der Waals surface area contributed by atoms with Gasteiger partial charge >= 0.3 is 0 Å². The summed E-state index contributed by atoms with van der Waals surface area (Å²) in [5.74, 6) is 2.53. The number of nitrogens with one attached hydrogen (secondary N) is 1. The van der Waals surface area contributed by atoms with Gasteiger partial charge in [-0.1, -0.05) is 33.1 Å². The van der Waals surface area contributed by atoms with Crippen LogP contribution in [0.3, 0.4) is 0 Å². The van der Waals surface area contributed by atoms with Crippen molar-refractivity contribution >= 4 is 21.7 Å². The van der Waals surface area contributed by atoms with E-state index >= 15 is 0 Å². The van der Waals surface area contributed by atoms with Gasteiger partial charge in [0.1, 0.15) is 11.6 Å². The molecule has 0 aliphatic heterocycles. The third-order valence-corrected chi connectivity index (χ3v) is 3.93. The molecule has 0 amide bonds. The lowest BCUT2D eigenvalue weighted by Gasteiger charge is -2.22. The van der Waals surface area contributed by atoms with Crippen molar-refractivity contribution in [3.8, 4) is 5.75 Å². The summed E-state index contributed by atoms with van der Waals surface area (Å²) in [6.45, 7) is 5.03. The normalized spacial score (nSPS) is 15.4. The molecule has 2 rings (SSSR count). The maximum atomic E-state index is 5.25. The van der Waals surface area contributed by atoms with Gasteiger partial charge in [0, 0.05) is 18.8 Å². The zero-order valence-electron chi connectivity index (χ0n) is 12.2. The smallest absolute Gasteiger partial charge is 0.138 e. The van der Waals surface area contributed by atoms with Crippen molar-refractivity contribution in [3.63, 3.8) is 0 Å². The molecule has 0 aromatic carbocycles. The zero-order valence-corrected chi connectivity index (χ0v) is 13.8. The van der Waals surface area contributed by atoms with Crippen LogP contribution in [-0.2, 0) is 0 Å². The molecular formula is C15H25BrN2O. The average Bonchev–Trinajstić information content (AvgIpc) is 2.49. The number of rotatable bonds is 4. The van der Waals surface area contributed by atoms with Gasteiger partial charge < -0.3 is 10.1 Å². The Hall–Kier alpha value is -0.770. The Morgan fingerprint density at radius 3 is 2.63 bits per heavy atom. The Bertz CT molecular complexity index is 365. The van der Waals surface area contributed by atoms with Gasteiger partial charge in [-0.2, -0.15) is 0 Å². The Morgan fingerprint density at radius 2 is 2.00 bits per heavy atom. The molecule has 0 spiro atoms. The number of pyridine rings is 1. The van der Waals surface area contributed by atoms with Crippen LogP contribution in [0.25, 0.3) is 0 Å². The molecular weight excluding hydrogens is 304 g/mol. The van der Waals surface area contributed by atoms with Crippen LogP contribution in [0.5, 0.6) is 5.75 Å². The highest BCUT2D eigenvalue weighted by molar-refractivity contribution is 9.10. The number of methoxy groups -OCH3 is 1. The van der Waals surface area contributed by atoms with E-state index in [1.807, 2.05) is 19.9 Å². The second-order valence-corrected chi connectivity index (χ2v) is 5.44. The van der Waals surface area contributed by atoms with E-state index < -0.39 is 0 Å². The Balaban J connectivity index is 0.000000861. The molecule has 0 saturated heterocycles. The molecule has 0 radical (unpaired) electrons. The molecule has 108 valence electrons. The molecule has 0 bridgehead atoms. The SMILES string of the molecule is CC.COc1cc(NCC2CCCCC2)ncc1Br. The highest BCUT2D eigenvalue weighted by Gasteiger charge is 2.13. The second kappa shape index (κ2) is 9.18. The number of ether oxygens (including phenoxy) is 1. The fourth-order valence-electron chi connectivity index (χ4n) is 2.31. The van der Waals surface area contributed by atoms with Gasteiger partial charge in [-0.15, -0.1) is 0 Å². The molecule has 0 atom stereocenters. The first kappa shape index (κ1) is 16.3. The third kappa shape index (κ3) is 5.39. The molecule has 1 aliphatic carbocycles. The second-order valence-electron chi connectivity index (χ2n) is 4.59. The minimum atomic E-state index is 0.806. The van der Waals surface area contributed by atoms with Gasteiger partial charge in [0.05, 0.1) is 11.6 Å². The number of hydrogen-bond acceptors (Lipinski definition) is 3. The summed E-state index contributed by atoms with van der Waals surface area (Å²) < 4.78 is 6.14. The lowest BCUT2D eigenvalue weighted by Crippen LogP contribution is -2.17. The van der Waals surface area contributed by atoms with Crippen molar-refractivity contribution in [2.24, 2.45) is 5.92 Å². The molecule has 1 aromatic rings. The number of anilines is 1. The first-order valence-corrected chi connectivity index (χ1v) is 8.02. The summed E-state index contributed by atoms with van der Waals surface area (Å²) in [4.78, 5) is 4.33. The van der Waals surface area contributed by atoms with Crippen molar-refractivity contribution in [1.29, 1.82) is 0 Å². The molecule has 1 heterocycles. The van der Waals surface area contributed by atoms with E-state index in [9.17, 15) is 0 Å². The fraction of sp³-hybridized carbons (Fsp3) is 0.667. The summed E-state index contributed by atoms with van der Waals surface area (Å²) in [7, 11) is 1.67. The molecule has 1 fully saturated rings. The summed E-state index contributed by atoms with van der Waals surface area (Å²) >= 11 is 3.40. The van der Waals surface area contributed by atoms with Gasteiger partial charge in [-0.3, -0.25) is 0 Å². The molecule has 1 aromatic heterocycles. The Morgan fingerprint density at radius 1 is 1.32 bits per heavy atom. The standard InChI is InChI=1S/C13H19BrN2O.C2H6/c1-17-12-7-13(16-9-11(12)14)15-8-10-5-3-2-4-6-10;1-2/h7,9-10H,2-6,8H2,1H3,(H,15,16);1-2H3. The summed E-state index contributed by atoms with van der Waals surface area (Å²) in [5, 5.41) is 3.40. The highest BCUT2D eigenvalue weighted by Crippen LogP contribution is 2.27. The van der Waals surface area contributed by atoms with E-state index in [1.54, 1.807) is 13.3 Å². The van der Waals surface area contributed by atoms with E-state index in [4.69, 9.17) is 4.74 Å². The molecule has 0 unspecified atom stereocenters. The quantitative estimate of drug-likeness (QED) is 0.855. The molecule has 1 N–H and O–H groups in total. The predicted molar refractivity (Wildman–Crippen MR) is 84.9 cm³/mol. The third-order valence-electron chi connectivity index (χ3n) is 3.34. The van der Waals surface area contributed by atoms with Crippen molar-refractivity contribution < 1.29 is 4.74 Å². The number of aromatic nitrogens is 1. The molecule has 3 nitrogen and oxygen atoms in total. The Labute approximate surface area is 125 Å². The van der Waals surface area contributed by atoms with Crippen LogP contribution >= 0.6 is 15.9 Å². The molecule has 1 aliphatic rings. The van der Waals surface area contributed by atoms with Crippen LogP contribution in [0.4, 0.5) is 5.82 Å². The van der Waals surface area contributed by atoms with Gasteiger partial charge in [-0.25, -0.2) is 4.98 Å². The van der Waals surface area contributed by atoms with Crippen LogP contribution < -0.4 is 10.1 Å². The van der Waals surface area contributed by atoms with Gasteiger partial charge in [-0.05, 0) is 34.7 Å². The zero-order chi connectivity index (χ0) is 14.1. The monoisotopic (exact) mass is 328 g/mol. The lowest BCUT2D eigenvalue weighted by atomic mass is 9.89. The summed E-state index contributed by atoms with van der Waals surface area (Å²) in [6.07, 6.45) is 8.64. The largest absolute Gasteiger partial charge is 0.495 e. The first-order valence-electron chi connectivity index (χ1n) is 7.23. The Kier molecular flexibility index (Phi) is 7.87. The topological polar surface area (TPSA) is 34.1 Å². The van der Waals surface area contributed by atoms with Crippen LogP contribution in [0, 0.1) is 5.92 Å². The van der Waals surface area contributed by atoms with Crippen LogP contribution in [0.15, 0.2) is 16.7 Å². The number of halogens is 1. The van der Waals surface area contributed by atoms with Crippen molar-refractivity contribution in [3.05, 3.63) is 16.7 Å². The van der Waals surface area contributed by atoms with Crippen LogP contribution in [0.1, 0.15) is 46.0 Å². The van der Waals surface area contributed by atoms with Crippen molar-refractivity contribution in [2.45, 2.75) is 46.0 Å². The van der Waals surface area contributed by atoms with E-state index in [2.05, 4.69) is 26.2 Å². The highest BCUT2D eigenvalue weighted by atomic mass is 79.9. The number of nitrogens with zero attached hydrogens (tertiary/aromatic N) is 1. The number of hydrogen-bond donors (Lipinski definition) is 1. The summed E-state index contributed by atoms with van der Waals surface area (Å²) in [6, 6.07) is 1.94. The van der Waals surface area contributed by atoms with Crippen LogP contribution in [0.2, 0.25) is 0 Å².